The van der Waals surface area contributed by atoms with Crippen LogP contribution in [0.15, 0.2) is 36.8 Å². The maximum Gasteiger partial charge on any atom is 0.326 e. The molecular weight excluding hydrogens is 1670 g/mol. The molecule has 127 heavy (non-hydrogen) atoms. The number of amides is 16. The van der Waals surface area contributed by atoms with Gasteiger partial charge >= 0.3 is 23.9 Å². The Hall–Kier alpha value is -13.1. The number of phenols is 1. The minimum Gasteiger partial charge on any atom is -0.508 e. The molecule has 0 saturated carbocycles. The summed E-state index contributed by atoms with van der Waals surface area (Å²) in [6.07, 6.45) is -4.87. The first-order chi connectivity index (χ1) is 59.3. The van der Waals surface area contributed by atoms with Gasteiger partial charge in [0.05, 0.1) is 18.8 Å². The number of carbonyl (C=O) groups excluding carboxylic acids is 16. The Kier molecular flexibility index (Phi) is 47.8. The van der Waals surface area contributed by atoms with E-state index in [0.29, 0.717) is 5.56 Å². The molecule has 1 aromatic carbocycles. The zero-order chi connectivity index (χ0) is 96.4. The first-order valence-corrected chi connectivity index (χ1v) is 41.6. The van der Waals surface area contributed by atoms with Gasteiger partial charge in [-0.05, 0) is 119 Å². The Labute approximate surface area is 733 Å². The average Bonchev–Trinajstić information content (AvgIpc) is 0.853. The maximum absolute atomic E-state index is 14.7. The number of nitrogens with zero attached hydrogens (tertiary/aromatic N) is 1. The Morgan fingerprint density at radius 2 is 0.756 bits per heavy atom. The quantitative estimate of drug-likeness (QED) is 0.0167. The average molecular weight is 1800 g/mol. The van der Waals surface area contributed by atoms with Gasteiger partial charge in [-0.3, -0.25) is 96.5 Å². The molecular formula is C80H128N22O25. The fourth-order valence-electron chi connectivity index (χ4n) is 12.5. The fourth-order valence-corrected chi connectivity index (χ4v) is 12.5. The third-order valence-corrected chi connectivity index (χ3v) is 19.6. The van der Waals surface area contributed by atoms with Gasteiger partial charge in [-0.2, -0.15) is 0 Å². The number of primary amides is 2. The van der Waals surface area contributed by atoms with E-state index >= 15 is 0 Å². The lowest BCUT2D eigenvalue weighted by atomic mass is 9.96. The molecule has 2 rings (SSSR count). The summed E-state index contributed by atoms with van der Waals surface area (Å²) in [7, 11) is 0. The molecule has 30 N–H and O–H groups in total. The lowest BCUT2D eigenvalue weighted by molar-refractivity contribution is -0.143. The van der Waals surface area contributed by atoms with Crippen LogP contribution in [0.3, 0.4) is 0 Å². The molecule has 0 fully saturated rings. The number of rotatable bonds is 60. The molecule has 0 radical (unpaired) electrons. The number of carbonyl (C=O) groups is 20. The number of hydrogen-bond donors (Lipinski definition) is 26. The van der Waals surface area contributed by atoms with Crippen LogP contribution in [-0.4, -0.2) is 257 Å². The largest absolute Gasteiger partial charge is 0.508 e. The summed E-state index contributed by atoms with van der Waals surface area (Å²) >= 11 is 0. The SMILES string of the molecule is CC[C@H](C)[C@H](NC(=O)[C@H](Cc1ccc(O)cc1)NC(=O)[C@H](CCC(=O)O)NC(=O)[C@@H](NC(=O)[C@H](C)N)C(C)C)C(=O)N[C@@H](CCCNC(=N)N)C(=O)N[C@@H](C)C(=O)N[C@@H](CC(C)C)C(=O)N[C@@H](CCC(N)=O)C(=O)N[C@@H](CCC(N)=O)C(=O)N[C@@H](CC(C)C)C(=O)N[C@@H](CC(C)C)C(=O)N[C@@H](CC(=O)O)C(=O)N[C@@H](CCC(=O)O)C(=O)N[C@@H](Cc1cnc[nH]1)C(=O)O. The molecule has 0 saturated heterocycles. The summed E-state index contributed by atoms with van der Waals surface area (Å²) in [5, 5.41) is 93.6. The summed E-state index contributed by atoms with van der Waals surface area (Å²) in [6, 6.07) is -18.7. The zero-order valence-electron chi connectivity index (χ0n) is 73.4. The van der Waals surface area contributed by atoms with E-state index in [1.807, 2.05) is 0 Å². The zero-order valence-corrected chi connectivity index (χ0v) is 73.4. The number of nitrogens with one attached hydrogen (secondary N) is 17. The van der Waals surface area contributed by atoms with E-state index in [0.717, 1.165) is 0 Å². The number of carboxylic acid groups (broad SMARTS) is 4. The number of aromatic nitrogens is 2. The molecule has 16 atom stereocenters. The predicted octanol–water partition coefficient (Wildman–Crippen LogP) is -5.02. The maximum atomic E-state index is 14.7. The summed E-state index contributed by atoms with van der Waals surface area (Å²) in [4.78, 5) is 278. The number of benzene rings is 1. The molecule has 0 aliphatic heterocycles. The predicted molar refractivity (Wildman–Crippen MR) is 453 cm³/mol. The van der Waals surface area contributed by atoms with E-state index in [2.05, 4.69) is 89.7 Å². The highest BCUT2D eigenvalue weighted by atomic mass is 16.4. The molecule has 47 nitrogen and oxygen atoms in total. The van der Waals surface area contributed by atoms with Crippen molar-refractivity contribution in [3.05, 3.63) is 48.0 Å². The molecule has 708 valence electrons. The minimum atomic E-state index is -2.05. The second kappa shape index (κ2) is 55.3. The number of guanidine groups is 1. The van der Waals surface area contributed by atoms with Gasteiger partial charge in [-0.25, -0.2) is 9.78 Å². The second-order valence-electron chi connectivity index (χ2n) is 32.6. The number of aromatic amines is 1. The van der Waals surface area contributed by atoms with Crippen LogP contribution in [-0.2, 0) is 109 Å². The lowest BCUT2D eigenvalue weighted by Gasteiger charge is -2.30. The van der Waals surface area contributed by atoms with Crippen molar-refractivity contribution in [2.24, 2.45) is 52.5 Å². The lowest BCUT2D eigenvalue weighted by Crippen LogP contribution is -2.61. The van der Waals surface area contributed by atoms with Crippen LogP contribution in [0.2, 0.25) is 0 Å². The number of nitrogens with two attached hydrogens (primary N) is 4. The van der Waals surface area contributed by atoms with Crippen LogP contribution in [0.1, 0.15) is 191 Å². The first-order valence-electron chi connectivity index (χ1n) is 41.6. The number of phenolic OH excluding ortho intramolecular Hbond substituents is 1. The molecule has 1 heterocycles. The Bertz CT molecular complexity index is 4130. The van der Waals surface area contributed by atoms with E-state index < -0.39 is 302 Å². The number of hydrogen-bond acceptors (Lipinski definition) is 24. The van der Waals surface area contributed by atoms with Gasteiger partial charge in [0, 0.05) is 57.0 Å². The van der Waals surface area contributed by atoms with Crippen LogP contribution in [0.4, 0.5) is 0 Å². The highest BCUT2D eigenvalue weighted by molar-refractivity contribution is 6.01. The monoisotopic (exact) mass is 1800 g/mol. The Balaban J connectivity index is 2.57. The number of aliphatic carboxylic acids is 4. The van der Waals surface area contributed by atoms with Gasteiger partial charge < -0.3 is 133 Å². The summed E-state index contributed by atoms with van der Waals surface area (Å²) in [5.41, 5.74) is 22.9. The molecule has 0 spiro atoms. The molecule has 47 heteroatoms. The summed E-state index contributed by atoms with van der Waals surface area (Å²) in [6.45, 7) is 18.8. The first kappa shape index (κ1) is 110. The van der Waals surface area contributed by atoms with Gasteiger partial charge in [0.15, 0.2) is 5.96 Å². The molecule has 16 amide bonds. The smallest absolute Gasteiger partial charge is 0.326 e. The van der Waals surface area contributed by atoms with Crippen molar-refractivity contribution >= 4 is 124 Å². The molecule has 0 aliphatic rings. The van der Waals surface area contributed by atoms with Gasteiger partial charge in [-0.1, -0.05) is 87.8 Å². The van der Waals surface area contributed by atoms with Crippen LogP contribution in [0, 0.1) is 35.0 Å². The molecule has 0 aliphatic carbocycles. The van der Waals surface area contributed by atoms with E-state index in [-0.39, 0.29) is 69.4 Å². The summed E-state index contributed by atoms with van der Waals surface area (Å²) in [5.74, 6) is -26.1. The topological polar surface area (TPSA) is 780 Å². The number of carboxylic acids is 4. The fraction of sp³-hybridized carbons (Fsp3) is 0.625. The number of imidazole rings is 1. The second-order valence-corrected chi connectivity index (χ2v) is 32.6. The van der Waals surface area contributed by atoms with Crippen molar-refractivity contribution in [2.45, 2.75) is 283 Å². The van der Waals surface area contributed by atoms with E-state index in [1.54, 1.807) is 69.2 Å². The molecule has 1 aromatic heterocycles. The Morgan fingerprint density at radius 3 is 1.13 bits per heavy atom. The third-order valence-electron chi connectivity index (χ3n) is 19.6. The van der Waals surface area contributed by atoms with Crippen LogP contribution in [0.5, 0.6) is 5.75 Å². The van der Waals surface area contributed by atoms with Crippen molar-refractivity contribution in [1.29, 1.82) is 5.41 Å². The van der Waals surface area contributed by atoms with E-state index in [1.165, 1.54) is 50.6 Å². The van der Waals surface area contributed by atoms with Crippen molar-refractivity contribution in [3.8, 4) is 5.75 Å². The molecule has 2 aromatic rings. The van der Waals surface area contributed by atoms with Gasteiger partial charge in [0.25, 0.3) is 0 Å². The van der Waals surface area contributed by atoms with E-state index in [4.69, 9.17) is 28.3 Å². The van der Waals surface area contributed by atoms with Crippen molar-refractivity contribution in [3.63, 3.8) is 0 Å². The molecule has 0 bridgehead atoms. The number of H-pyrrole nitrogens is 1. The Morgan fingerprint density at radius 1 is 0.402 bits per heavy atom. The minimum absolute atomic E-state index is 0.0179. The highest BCUT2D eigenvalue weighted by Gasteiger charge is 2.40. The van der Waals surface area contributed by atoms with E-state index in [9.17, 15) is 121 Å². The third kappa shape index (κ3) is 42.4. The van der Waals surface area contributed by atoms with Crippen molar-refractivity contribution < 1.29 is 121 Å². The van der Waals surface area contributed by atoms with Crippen LogP contribution < -0.4 is 103 Å². The highest BCUT2D eigenvalue weighted by Crippen LogP contribution is 2.19. The number of aromatic hydroxyl groups is 1. The van der Waals surface area contributed by atoms with Crippen LogP contribution in [0.25, 0.3) is 0 Å². The van der Waals surface area contributed by atoms with Crippen molar-refractivity contribution in [2.75, 3.05) is 6.54 Å². The van der Waals surface area contributed by atoms with Crippen LogP contribution >= 0.6 is 0 Å². The van der Waals surface area contributed by atoms with Crippen molar-refractivity contribution in [1.82, 2.24) is 89.7 Å². The molecule has 0 unspecified atom stereocenters. The van der Waals surface area contributed by atoms with Gasteiger partial charge in [0.1, 0.15) is 90.3 Å². The van der Waals surface area contributed by atoms with Gasteiger partial charge in [-0.15, -0.1) is 0 Å². The normalized spacial score (nSPS) is 15.0. The standard InChI is InChI=1S/C80H128N22O25/c1-13-41(10)64(102-76(123)55(32-44-16-18-46(103)19-17-44)98-70(117)51(23-27-61(108)109)94-77(124)63(40(8)9)101-65(112)42(11)81)78(125)93-47(15-14-28-87-80(84)85)67(114)89-43(12)66(113)95-52(29-37(2)3)72(119)91-48(20-24-58(82)104)68(115)90-49(21-25-59(83)105)69(116)96-53(30-38(4)5)73(120)97-54(31-39(6)7)74(121)99-56(34-62(110)111)75(122)92-50(22-26-60(106)107)71(118)100-57(79(126)127)33-45-35-86-36-88-45/h16-19,35-43,47-57,63-64,103H,13-15,20-34,81H2,1-12H3,(H2,82,104)(H2,83,105)(H,86,88)(H,89,114)(H,90,115)(H,91,119)(H,92,122)(H,93,125)(H,94,124)(H,95,113)(H,96,116)(H,97,120)(H,98,117)(H,99,121)(H,100,118)(H,101,112)(H,102,123)(H,106,107)(H,108,109)(H,110,111)(H,126,127)(H4,84,85,87)/t41-,42-,43-,47-,48-,49-,50-,51-,52-,53-,54-,55-,56-,57-,63-,64-/m0/s1. The van der Waals surface area contributed by atoms with Gasteiger partial charge in [0.2, 0.25) is 94.5 Å². The summed E-state index contributed by atoms with van der Waals surface area (Å²) < 4.78 is 0.